The lowest BCUT2D eigenvalue weighted by molar-refractivity contribution is -0.131. The molecule has 0 bridgehead atoms. The van der Waals surface area contributed by atoms with Crippen molar-refractivity contribution < 1.29 is 4.79 Å². The molecular weight excluding hydrogens is 258 g/mol. The lowest BCUT2D eigenvalue weighted by Gasteiger charge is -2.25. The average Bonchev–Trinajstić information content (AvgIpc) is 2.53. The Morgan fingerprint density at radius 1 is 1.05 bits per heavy atom. The zero-order valence-corrected chi connectivity index (χ0v) is 13.0. The van der Waals surface area contributed by atoms with Gasteiger partial charge in [0, 0.05) is 13.5 Å². The Morgan fingerprint density at radius 2 is 1.67 bits per heavy atom. The fourth-order valence-corrected chi connectivity index (χ4v) is 2.36. The van der Waals surface area contributed by atoms with Crippen LogP contribution < -0.4 is 0 Å². The molecule has 0 aliphatic carbocycles. The highest BCUT2D eigenvalue weighted by atomic mass is 16.2. The number of carbonyl (C=O) groups excluding carboxylic acids is 1. The van der Waals surface area contributed by atoms with Gasteiger partial charge in [-0.2, -0.15) is 0 Å². The molecule has 0 N–H and O–H groups in total. The van der Waals surface area contributed by atoms with E-state index in [4.69, 9.17) is 0 Å². The van der Waals surface area contributed by atoms with E-state index in [2.05, 4.69) is 50.2 Å². The zero-order valence-electron chi connectivity index (χ0n) is 13.0. The van der Waals surface area contributed by atoms with Gasteiger partial charge in [-0.1, -0.05) is 60.2 Å². The second-order valence-electron chi connectivity index (χ2n) is 5.58. The summed E-state index contributed by atoms with van der Waals surface area (Å²) in [4.78, 5) is 14.2. The third-order valence-corrected chi connectivity index (χ3v) is 4.00. The van der Waals surface area contributed by atoms with Crippen LogP contribution in [0.1, 0.15) is 36.1 Å². The van der Waals surface area contributed by atoms with Crippen molar-refractivity contribution in [1.82, 2.24) is 4.90 Å². The first-order chi connectivity index (χ1) is 10.1. The van der Waals surface area contributed by atoms with Crippen LogP contribution in [0, 0.1) is 6.92 Å². The standard InChI is InChI=1S/C19H23NO/c1-15-9-12-18(13-10-15)16(2)20(3)19(21)14-11-17-7-5-4-6-8-17/h4-10,12-13,16H,11,14H2,1-3H3. The molecule has 2 heteroatoms. The second kappa shape index (κ2) is 7.07. The van der Waals surface area contributed by atoms with Crippen LogP contribution in [0.15, 0.2) is 54.6 Å². The number of rotatable bonds is 5. The highest BCUT2D eigenvalue weighted by Gasteiger charge is 2.16. The third kappa shape index (κ3) is 4.19. The van der Waals surface area contributed by atoms with Crippen molar-refractivity contribution >= 4 is 5.91 Å². The van der Waals surface area contributed by atoms with E-state index in [1.165, 1.54) is 16.7 Å². The van der Waals surface area contributed by atoms with Gasteiger partial charge < -0.3 is 4.90 Å². The molecule has 2 aromatic rings. The van der Waals surface area contributed by atoms with E-state index < -0.39 is 0 Å². The summed E-state index contributed by atoms with van der Waals surface area (Å²) in [7, 11) is 1.89. The average molecular weight is 281 g/mol. The maximum atomic E-state index is 12.3. The summed E-state index contributed by atoms with van der Waals surface area (Å²) in [5.74, 6) is 0.187. The van der Waals surface area contributed by atoms with Gasteiger partial charge in [0.05, 0.1) is 6.04 Å². The van der Waals surface area contributed by atoms with Crippen LogP contribution in [0.4, 0.5) is 0 Å². The van der Waals surface area contributed by atoms with Crippen LogP contribution >= 0.6 is 0 Å². The van der Waals surface area contributed by atoms with Gasteiger partial charge in [-0.25, -0.2) is 0 Å². The molecule has 2 rings (SSSR count). The van der Waals surface area contributed by atoms with Crippen molar-refractivity contribution in [1.29, 1.82) is 0 Å². The molecule has 110 valence electrons. The Hall–Kier alpha value is -2.09. The Bertz CT molecular complexity index is 574. The van der Waals surface area contributed by atoms with Crippen LogP contribution in [0.2, 0.25) is 0 Å². The minimum absolute atomic E-state index is 0.105. The summed E-state index contributed by atoms with van der Waals surface area (Å²) in [6.07, 6.45) is 1.35. The normalized spacial score (nSPS) is 12.0. The largest absolute Gasteiger partial charge is 0.339 e. The molecule has 0 spiro atoms. The Kier molecular flexibility index (Phi) is 5.15. The molecule has 0 heterocycles. The molecule has 2 aromatic carbocycles. The number of nitrogens with zero attached hydrogens (tertiary/aromatic N) is 1. The van der Waals surface area contributed by atoms with Crippen molar-refractivity contribution in [2.45, 2.75) is 32.7 Å². The quantitative estimate of drug-likeness (QED) is 0.806. The molecule has 1 unspecified atom stereocenters. The van der Waals surface area contributed by atoms with Gasteiger partial charge in [0.25, 0.3) is 0 Å². The molecule has 0 aliphatic heterocycles. The number of hydrogen-bond donors (Lipinski definition) is 0. The molecule has 0 fully saturated rings. The van der Waals surface area contributed by atoms with Gasteiger partial charge in [-0.3, -0.25) is 4.79 Å². The van der Waals surface area contributed by atoms with Gasteiger partial charge in [-0.15, -0.1) is 0 Å². The summed E-state index contributed by atoms with van der Waals surface area (Å²) >= 11 is 0. The van der Waals surface area contributed by atoms with Gasteiger partial charge in [0.2, 0.25) is 5.91 Å². The van der Waals surface area contributed by atoms with Gasteiger partial charge in [0.15, 0.2) is 0 Å². The van der Waals surface area contributed by atoms with E-state index in [-0.39, 0.29) is 11.9 Å². The molecule has 21 heavy (non-hydrogen) atoms. The molecule has 2 nitrogen and oxygen atoms in total. The highest BCUT2D eigenvalue weighted by Crippen LogP contribution is 2.20. The van der Waals surface area contributed by atoms with E-state index in [9.17, 15) is 4.79 Å². The minimum atomic E-state index is 0.105. The van der Waals surface area contributed by atoms with E-state index in [0.717, 1.165) is 6.42 Å². The number of amides is 1. The fraction of sp³-hybridized carbons (Fsp3) is 0.316. The summed E-state index contributed by atoms with van der Waals surface area (Å²) in [5.41, 5.74) is 3.63. The molecule has 0 saturated heterocycles. The predicted octanol–water partition coefficient (Wildman–Crippen LogP) is 4.15. The third-order valence-electron chi connectivity index (χ3n) is 4.00. The summed E-state index contributed by atoms with van der Waals surface area (Å²) in [6, 6.07) is 18.6. The lowest BCUT2D eigenvalue weighted by Crippen LogP contribution is -2.29. The number of carbonyl (C=O) groups is 1. The number of aryl methyl sites for hydroxylation is 2. The van der Waals surface area contributed by atoms with Crippen LogP contribution in [-0.4, -0.2) is 17.9 Å². The molecule has 1 atom stereocenters. The first-order valence-corrected chi connectivity index (χ1v) is 7.44. The van der Waals surface area contributed by atoms with Gasteiger partial charge >= 0.3 is 0 Å². The van der Waals surface area contributed by atoms with Gasteiger partial charge in [0.1, 0.15) is 0 Å². The lowest BCUT2D eigenvalue weighted by atomic mass is 10.0. The topological polar surface area (TPSA) is 20.3 Å². The molecular formula is C19H23NO. The first-order valence-electron chi connectivity index (χ1n) is 7.44. The summed E-state index contributed by atoms with van der Waals surface area (Å²) in [6.45, 7) is 4.15. The van der Waals surface area contributed by atoms with Crippen molar-refractivity contribution in [3.05, 3.63) is 71.3 Å². The molecule has 0 aromatic heterocycles. The predicted molar refractivity (Wildman–Crippen MR) is 87.1 cm³/mol. The molecule has 0 saturated carbocycles. The van der Waals surface area contributed by atoms with Crippen molar-refractivity contribution in [2.24, 2.45) is 0 Å². The second-order valence-corrected chi connectivity index (χ2v) is 5.58. The molecule has 0 aliphatic rings. The van der Waals surface area contributed by atoms with E-state index in [0.29, 0.717) is 6.42 Å². The Morgan fingerprint density at radius 3 is 2.29 bits per heavy atom. The maximum Gasteiger partial charge on any atom is 0.223 e. The van der Waals surface area contributed by atoms with Gasteiger partial charge in [-0.05, 0) is 31.4 Å². The van der Waals surface area contributed by atoms with Crippen molar-refractivity contribution in [3.8, 4) is 0 Å². The summed E-state index contributed by atoms with van der Waals surface area (Å²) in [5, 5.41) is 0. The van der Waals surface area contributed by atoms with Crippen LogP contribution in [0.3, 0.4) is 0 Å². The van der Waals surface area contributed by atoms with E-state index >= 15 is 0 Å². The van der Waals surface area contributed by atoms with Crippen LogP contribution in [-0.2, 0) is 11.2 Å². The fourth-order valence-electron chi connectivity index (χ4n) is 2.36. The number of benzene rings is 2. The Balaban J connectivity index is 1.94. The minimum Gasteiger partial charge on any atom is -0.339 e. The maximum absolute atomic E-state index is 12.3. The van der Waals surface area contributed by atoms with E-state index in [1.807, 2.05) is 30.1 Å². The van der Waals surface area contributed by atoms with Crippen LogP contribution in [0.25, 0.3) is 0 Å². The molecule has 0 radical (unpaired) electrons. The van der Waals surface area contributed by atoms with Crippen LogP contribution in [0.5, 0.6) is 0 Å². The SMILES string of the molecule is Cc1ccc(C(C)N(C)C(=O)CCc2ccccc2)cc1. The number of hydrogen-bond acceptors (Lipinski definition) is 1. The smallest absolute Gasteiger partial charge is 0.223 e. The molecule has 1 amide bonds. The first kappa shape index (κ1) is 15.3. The van der Waals surface area contributed by atoms with Crippen molar-refractivity contribution in [2.75, 3.05) is 7.05 Å². The Labute approximate surface area is 127 Å². The monoisotopic (exact) mass is 281 g/mol. The van der Waals surface area contributed by atoms with Crippen molar-refractivity contribution in [3.63, 3.8) is 0 Å². The highest BCUT2D eigenvalue weighted by molar-refractivity contribution is 5.76. The zero-order chi connectivity index (χ0) is 15.2. The van der Waals surface area contributed by atoms with E-state index in [1.54, 1.807) is 0 Å². The summed E-state index contributed by atoms with van der Waals surface area (Å²) < 4.78 is 0.